The van der Waals surface area contributed by atoms with Crippen molar-refractivity contribution in [2.45, 2.75) is 120 Å². The number of hydrogen-bond donors (Lipinski definition) is 12. The second-order valence-corrected chi connectivity index (χ2v) is 19.0. The molecule has 4 heterocycles. The number of aromatic hydroxyl groups is 8. The normalized spacial score (nSPS) is 26.9. The molecular weight excluding hydrogens is 773 g/mol. The van der Waals surface area contributed by atoms with Crippen molar-refractivity contribution in [3.05, 3.63) is 93.0 Å². The van der Waals surface area contributed by atoms with Gasteiger partial charge in [-0.1, -0.05) is 0 Å². The molecule has 1 fully saturated rings. The van der Waals surface area contributed by atoms with Crippen LogP contribution >= 0.6 is 0 Å². The maximum absolute atomic E-state index is 10.6. The lowest BCUT2D eigenvalue weighted by Gasteiger charge is -2.40. The molecule has 0 saturated heterocycles. The van der Waals surface area contributed by atoms with Gasteiger partial charge in [-0.3, -0.25) is 0 Å². The van der Waals surface area contributed by atoms with Crippen LogP contribution in [0.2, 0.25) is 0 Å². The van der Waals surface area contributed by atoms with Crippen LogP contribution in [-0.2, 0) is 25.7 Å². The third-order valence-corrected chi connectivity index (χ3v) is 15.4. The molecule has 326 valence electrons. The molecule has 9 rings (SSSR count). The molecule has 5 aliphatic rings. The van der Waals surface area contributed by atoms with Crippen molar-refractivity contribution < 1.29 is 40.9 Å². The van der Waals surface area contributed by atoms with Gasteiger partial charge in [-0.05, 0) is 226 Å². The van der Waals surface area contributed by atoms with Crippen LogP contribution in [-0.4, -0.2) is 67.0 Å². The first-order chi connectivity index (χ1) is 29.4. The summed E-state index contributed by atoms with van der Waals surface area (Å²) in [5, 5.41) is 98.6. The summed E-state index contributed by atoms with van der Waals surface area (Å²) in [6, 6.07) is 13.9. The van der Waals surface area contributed by atoms with Gasteiger partial charge in [-0.25, -0.2) is 0 Å². The Bertz CT molecular complexity index is 1980. The van der Waals surface area contributed by atoms with E-state index in [1.165, 1.54) is 0 Å². The highest BCUT2D eigenvalue weighted by molar-refractivity contribution is 5.50. The monoisotopic (exact) mass is 834 g/mol. The van der Waals surface area contributed by atoms with Crippen molar-refractivity contribution in [1.82, 2.24) is 21.3 Å². The fraction of sp³-hybridized carbons (Fsp3) is 0.510. The molecule has 0 amide bonds. The molecule has 0 aromatic heterocycles. The number of rotatable bonds is 12. The fourth-order valence-corrected chi connectivity index (χ4v) is 12.1. The number of fused-ring (bicyclic) bond motifs is 4. The highest BCUT2D eigenvalue weighted by atomic mass is 16.3. The van der Waals surface area contributed by atoms with Gasteiger partial charge in [0, 0.05) is 24.2 Å². The first-order valence-corrected chi connectivity index (χ1v) is 22.5. The zero-order chi connectivity index (χ0) is 42.5. The minimum atomic E-state index is -0.0961. The van der Waals surface area contributed by atoms with Crippen molar-refractivity contribution in [3.8, 4) is 46.0 Å². The maximum Gasteiger partial charge on any atom is 0.157 e. The Morgan fingerprint density at radius 1 is 0.361 bits per heavy atom. The molecule has 61 heavy (non-hydrogen) atoms. The molecule has 12 N–H and O–H groups in total. The van der Waals surface area contributed by atoms with Crippen LogP contribution in [0.3, 0.4) is 0 Å². The van der Waals surface area contributed by atoms with Crippen molar-refractivity contribution in [3.63, 3.8) is 0 Å². The molecule has 4 aliphatic heterocycles. The number of nitrogens with one attached hydrogen (secondary N) is 4. The van der Waals surface area contributed by atoms with Gasteiger partial charge < -0.3 is 62.1 Å². The van der Waals surface area contributed by atoms with E-state index < -0.39 is 0 Å². The summed E-state index contributed by atoms with van der Waals surface area (Å²) < 4.78 is 0. The summed E-state index contributed by atoms with van der Waals surface area (Å²) in [7, 11) is 0. The Hall–Kier alpha value is -4.88. The Labute approximate surface area is 357 Å². The average molecular weight is 835 g/mol. The molecule has 0 radical (unpaired) electrons. The zero-order valence-electron chi connectivity index (χ0n) is 34.9. The molecule has 4 aromatic carbocycles. The molecule has 0 bridgehead atoms. The van der Waals surface area contributed by atoms with E-state index in [4.69, 9.17) is 0 Å². The largest absolute Gasteiger partial charge is 0.504 e. The molecule has 4 aromatic rings. The van der Waals surface area contributed by atoms with Crippen LogP contribution < -0.4 is 21.3 Å². The minimum absolute atomic E-state index is 0.0274. The first-order valence-electron chi connectivity index (χ1n) is 22.5. The second-order valence-electron chi connectivity index (χ2n) is 19.0. The predicted octanol–water partition coefficient (Wildman–Crippen LogP) is 7.46. The molecule has 4 atom stereocenters. The van der Waals surface area contributed by atoms with Crippen LogP contribution in [0.5, 0.6) is 46.0 Å². The van der Waals surface area contributed by atoms with Crippen LogP contribution in [0.25, 0.3) is 0 Å². The summed E-state index contributed by atoms with van der Waals surface area (Å²) in [6.07, 6.45) is 13.6. The van der Waals surface area contributed by atoms with E-state index in [9.17, 15) is 40.9 Å². The molecule has 12 nitrogen and oxygen atoms in total. The molecular formula is C49H62N4O8. The quantitative estimate of drug-likeness (QED) is 0.0628. The van der Waals surface area contributed by atoms with Gasteiger partial charge in [-0.2, -0.15) is 0 Å². The van der Waals surface area contributed by atoms with Gasteiger partial charge >= 0.3 is 0 Å². The summed E-state index contributed by atoms with van der Waals surface area (Å²) in [6.45, 7) is 3.18. The van der Waals surface area contributed by atoms with Crippen LogP contribution in [0, 0.1) is 10.8 Å². The Morgan fingerprint density at radius 2 is 0.590 bits per heavy atom. The third-order valence-electron chi connectivity index (χ3n) is 15.4. The SMILES string of the molecule is Oc1cc2c(cc1O)C(CCC1(CCC3NCCc4cc(O)c(O)cc43)CCC(CCC3NCCc4cc(O)c(O)cc43)(CCC3NCCc4cc(O)c(O)cc43)C1)NCC2. The van der Waals surface area contributed by atoms with Crippen LogP contribution in [0.1, 0.15) is 139 Å². The Morgan fingerprint density at radius 3 is 0.836 bits per heavy atom. The minimum Gasteiger partial charge on any atom is -0.504 e. The number of hydrogen-bond acceptors (Lipinski definition) is 12. The molecule has 0 spiro atoms. The lowest BCUT2D eigenvalue weighted by Crippen LogP contribution is -2.34. The zero-order valence-corrected chi connectivity index (χ0v) is 34.9. The molecule has 4 unspecified atom stereocenters. The number of phenols is 8. The van der Waals surface area contributed by atoms with E-state index in [0.717, 1.165) is 167 Å². The van der Waals surface area contributed by atoms with E-state index in [1.807, 2.05) is 0 Å². The third kappa shape index (κ3) is 8.39. The lowest BCUT2D eigenvalue weighted by atomic mass is 9.68. The van der Waals surface area contributed by atoms with Crippen LogP contribution in [0.15, 0.2) is 48.5 Å². The van der Waals surface area contributed by atoms with E-state index in [2.05, 4.69) is 21.3 Å². The van der Waals surface area contributed by atoms with Gasteiger partial charge in [0.1, 0.15) is 0 Å². The highest BCUT2D eigenvalue weighted by Gasteiger charge is 2.48. The van der Waals surface area contributed by atoms with E-state index in [-0.39, 0.29) is 81.0 Å². The lowest BCUT2D eigenvalue weighted by molar-refractivity contribution is 0.147. The Kier molecular flexibility index (Phi) is 11.4. The summed E-state index contributed by atoms with van der Waals surface area (Å²) in [4.78, 5) is 0. The molecule has 12 heteroatoms. The van der Waals surface area contributed by atoms with Gasteiger partial charge in [0.05, 0.1) is 0 Å². The van der Waals surface area contributed by atoms with Crippen molar-refractivity contribution >= 4 is 0 Å². The smallest absolute Gasteiger partial charge is 0.157 e. The van der Waals surface area contributed by atoms with Crippen molar-refractivity contribution in [2.75, 3.05) is 26.2 Å². The standard InChI is InChI=1S/C49H62N4O8/c54-40-19-28-5-15-50-36(32(28)23-44(40)58)1-9-48(10-2-37-33-24-45(59)41(55)20-29(33)6-16-51-37)13-14-49(27-48,11-3-38-34-25-46(60)42(56)21-30(34)7-17-52-38)12-4-39-35-26-47(61)43(57)22-31(35)8-18-53-39/h19-26,36-39,50-61H,1-18,27H2. The molecule has 1 aliphatic carbocycles. The van der Waals surface area contributed by atoms with Gasteiger partial charge in [0.2, 0.25) is 0 Å². The highest BCUT2D eigenvalue weighted by Crippen LogP contribution is 2.60. The maximum atomic E-state index is 10.6. The van der Waals surface area contributed by atoms with Crippen molar-refractivity contribution in [1.29, 1.82) is 0 Å². The van der Waals surface area contributed by atoms with Gasteiger partial charge in [0.25, 0.3) is 0 Å². The Balaban J connectivity index is 1.03. The fourth-order valence-electron chi connectivity index (χ4n) is 12.1. The van der Waals surface area contributed by atoms with E-state index >= 15 is 0 Å². The van der Waals surface area contributed by atoms with Gasteiger partial charge in [0.15, 0.2) is 46.0 Å². The first kappa shape index (κ1) is 41.5. The van der Waals surface area contributed by atoms with Crippen LogP contribution in [0.4, 0.5) is 0 Å². The topological polar surface area (TPSA) is 210 Å². The average Bonchev–Trinajstić information content (AvgIpc) is 3.61. The van der Waals surface area contributed by atoms with Crippen molar-refractivity contribution in [2.24, 2.45) is 10.8 Å². The van der Waals surface area contributed by atoms with E-state index in [0.29, 0.717) is 0 Å². The molecule has 1 saturated carbocycles. The van der Waals surface area contributed by atoms with E-state index in [1.54, 1.807) is 48.5 Å². The predicted molar refractivity (Wildman–Crippen MR) is 233 cm³/mol. The number of phenolic OH excluding ortho intramolecular Hbond substituents is 8. The number of benzene rings is 4. The summed E-state index contributed by atoms with van der Waals surface area (Å²) >= 11 is 0. The van der Waals surface area contributed by atoms with Gasteiger partial charge in [-0.15, -0.1) is 0 Å². The second kappa shape index (κ2) is 16.8. The summed E-state index contributed by atoms with van der Waals surface area (Å²) in [5.74, 6) is -0.717. The summed E-state index contributed by atoms with van der Waals surface area (Å²) in [5.41, 5.74) is 8.41.